The van der Waals surface area contributed by atoms with Gasteiger partial charge < -0.3 is 16.2 Å². The lowest BCUT2D eigenvalue weighted by molar-refractivity contribution is -0.135. The lowest BCUT2D eigenvalue weighted by atomic mass is 10.1. The van der Waals surface area contributed by atoms with Crippen molar-refractivity contribution in [3.05, 3.63) is 0 Å². The summed E-state index contributed by atoms with van der Waals surface area (Å²) >= 11 is 0. The highest BCUT2D eigenvalue weighted by Gasteiger charge is 1.91. The molecule has 0 heterocycles. The van der Waals surface area contributed by atoms with Crippen LogP contribution < -0.4 is 11.1 Å². The SMILES string of the molecule is CCCCCCCCCCCCN.CCNCC(=O)O. The molecule has 0 unspecified atom stereocenters. The third kappa shape index (κ3) is 26.1. The van der Waals surface area contributed by atoms with Crippen LogP contribution in [-0.4, -0.2) is 30.7 Å². The summed E-state index contributed by atoms with van der Waals surface area (Å²) in [7, 11) is 0. The molecule has 0 aromatic heterocycles. The molecule has 4 heteroatoms. The Kier molecular flexibility index (Phi) is 22.4. The van der Waals surface area contributed by atoms with E-state index in [4.69, 9.17) is 10.8 Å². The van der Waals surface area contributed by atoms with Crippen LogP contribution in [0.1, 0.15) is 78.1 Å². The summed E-state index contributed by atoms with van der Waals surface area (Å²) in [4.78, 5) is 9.70. The first-order valence-electron chi connectivity index (χ1n) is 8.31. The fourth-order valence-electron chi connectivity index (χ4n) is 1.86. The van der Waals surface area contributed by atoms with Crippen LogP contribution in [0, 0.1) is 0 Å². The number of unbranched alkanes of at least 4 members (excludes halogenated alkanes) is 9. The molecule has 122 valence electrons. The zero-order valence-corrected chi connectivity index (χ0v) is 13.6. The summed E-state index contributed by atoms with van der Waals surface area (Å²) in [6.45, 7) is 5.79. The molecule has 0 aliphatic heterocycles. The number of carboxylic acid groups (broad SMARTS) is 1. The molecule has 0 saturated heterocycles. The second-order valence-electron chi connectivity index (χ2n) is 5.14. The number of carbonyl (C=O) groups is 1. The topological polar surface area (TPSA) is 75.3 Å². The minimum atomic E-state index is -0.804. The van der Waals surface area contributed by atoms with Crippen LogP contribution in [0.25, 0.3) is 0 Å². The van der Waals surface area contributed by atoms with Gasteiger partial charge in [-0.1, -0.05) is 71.6 Å². The molecule has 4 N–H and O–H groups in total. The van der Waals surface area contributed by atoms with Crippen molar-refractivity contribution in [1.29, 1.82) is 0 Å². The predicted molar refractivity (Wildman–Crippen MR) is 87.1 cm³/mol. The van der Waals surface area contributed by atoms with Crippen LogP contribution in [0.5, 0.6) is 0 Å². The second-order valence-corrected chi connectivity index (χ2v) is 5.14. The molecule has 4 nitrogen and oxygen atoms in total. The van der Waals surface area contributed by atoms with Gasteiger partial charge in [-0.2, -0.15) is 0 Å². The molecule has 0 radical (unpaired) electrons. The Morgan fingerprint density at radius 3 is 1.65 bits per heavy atom. The van der Waals surface area contributed by atoms with Crippen LogP contribution in [0.2, 0.25) is 0 Å². The van der Waals surface area contributed by atoms with Gasteiger partial charge in [0.1, 0.15) is 0 Å². The number of hydrogen-bond acceptors (Lipinski definition) is 3. The number of aliphatic carboxylic acids is 1. The first-order valence-corrected chi connectivity index (χ1v) is 8.31. The minimum Gasteiger partial charge on any atom is -0.480 e. The Labute approximate surface area is 125 Å². The molecule has 0 amide bonds. The Morgan fingerprint density at radius 2 is 1.35 bits per heavy atom. The molecule has 0 aromatic carbocycles. The Morgan fingerprint density at radius 1 is 0.900 bits per heavy atom. The Balaban J connectivity index is 0. The van der Waals surface area contributed by atoms with Gasteiger partial charge >= 0.3 is 5.97 Å². The highest BCUT2D eigenvalue weighted by molar-refractivity contribution is 5.68. The standard InChI is InChI=1S/C12H27N.C4H9NO2/c1-2-3-4-5-6-7-8-9-10-11-12-13;1-2-5-3-4(6)7/h2-13H2,1H3;5H,2-3H2,1H3,(H,6,7). The van der Waals surface area contributed by atoms with Gasteiger partial charge in [0.25, 0.3) is 0 Å². The second kappa shape index (κ2) is 20.7. The van der Waals surface area contributed by atoms with E-state index in [-0.39, 0.29) is 6.54 Å². The van der Waals surface area contributed by atoms with Crippen molar-refractivity contribution in [3.8, 4) is 0 Å². The van der Waals surface area contributed by atoms with Crippen molar-refractivity contribution >= 4 is 5.97 Å². The zero-order valence-electron chi connectivity index (χ0n) is 13.6. The summed E-state index contributed by atoms with van der Waals surface area (Å²) < 4.78 is 0. The van der Waals surface area contributed by atoms with Crippen molar-refractivity contribution in [1.82, 2.24) is 5.32 Å². The van der Waals surface area contributed by atoms with E-state index in [1.165, 1.54) is 64.2 Å². The van der Waals surface area contributed by atoms with Crippen LogP contribution in [0.3, 0.4) is 0 Å². The van der Waals surface area contributed by atoms with Crippen LogP contribution in [0.4, 0.5) is 0 Å². The predicted octanol–water partition coefficient (Wildman–Crippen LogP) is 3.55. The lowest BCUT2D eigenvalue weighted by Gasteiger charge is -2.00. The zero-order chi connectivity index (χ0) is 15.5. The fourth-order valence-corrected chi connectivity index (χ4v) is 1.86. The van der Waals surface area contributed by atoms with Crippen molar-refractivity contribution in [2.45, 2.75) is 78.1 Å². The molecular weight excluding hydrogens is 252 g/mol. The van der Waals surface area contributed by atoms with E-state index < -0.39 is 5.97 Å². The molecule has 0 aliphatic carbocycles. The number of nitrogens with two attached hydrogens (primary N) is 1. The van der Waals surface area contributed by atoms with Crippen molar-refractivity contribution in [2.75, 3.05) is 19.6 Å². The summed E-state index contributed by atoms with van der Waals surface area (Å²) in [5, 5.41) is 10.6. The van der Waals surface area contributed by atoms with E-state index in [2.05, 4.69) is 12.2 Å². The number of rotatable bonds is 13. The average molecular weight is 288 g/mol. The fraction of sp³-hybridized carbons (Fsp3) is 0.938. The lowest BCUT2D eigenvalue weighted by Crippen LogP contribution is -2.21. The Hall–Kier alpha value is -0.610. The maximum absolute atomic E-state index is 9.70. The largest absolute Gasteiger partial charge is 0.480 e. The smallest absolute Gasteiger partial charge is 0.317 e. The van der Waals surface area contributed by atoms with Crippen LogP contribution in [-0.2, 0) is 4.79 Å². The molecule has 0 rings (SSSR count). The third-order valence-corrected chi connectivity index (χ3v) is 3.08. The Bertz CT molecular complexity index is 177. The van der Waals surface area contributed by atoms with Crippen molar-refractivity contribution in [2.24, 2.45) is 5.73 Å². The monoisotopic (exact) mass is 288 g/mol. The normalized spacial score (nSPS) is 9.95. The summed E-state index contributed by atoms with van der Waals surface area (Å²) in [5.41, 5.74) is 5.42. The maximum Gasteiger partial charge on any atom is 0.317 e. The summed E-state index contributed by atoms with van der Waals surface area (Å²) in [5.74, 6) is -0.804. The van der Waals surface area contributed by atoms with E-state index in [1.54, 1.807) is 0 Å². The average Bonchev–Trinajstić information content (AvgIpc) is 2.44. The first kappa shape index (κ1) is 21.7. The van der Waals surface area contributed by atoms with E-state index in [9.17, 15) is 4.79 Å². The molecule has 0 aromatic rings. The summed E-state index contributed by atoms with van der Waals surface area (Å²) in [6.07, 6.45) is 13.9. The van der Waals surface area contributed by atoms with E-state index in [1.807, 2.05) is 6.92 Å². The van der Waals surface area contributed by atoms with Crippen molar-refractivity contribution in [3.63, 3.8) is 0 Å². The van der Waals surface area contributed by atoms with Crippen LogP contribution in [0.15, 0.2) is 0 Å². The number of nitrogens with one attached hydrogen (secondary N) is 1. The van der Waals surface area contributed by atoms with Gasteiger partial charge in [0.15, 0.2) is 0 Å². The van der Waals surface area contributed by atoms with E-state index in [0.717, 1.165) is 6.54 Å². The minimum absolute atomic E-state index is 0.0660. The molecule has 0 saturated carbocycles. The van der Waals surface area contributed by atoms with Gasteiger partial charge in [-0.25, -0.2) is 0 Å². The quantitative estimate of drug-likeness (QED) is 0.453. The molecule has 20 heavy (non-hydrogen) atoms. The molecule has 0 aliphatic rings. The number of likely N-dealkylation sites (N-methyl/N-ethyl adjacent to an activating group) is 1. The van der Waals surface area contributed by atoms with E-state index in [0.29, 0.717) is 6.54 Å². The first-order chi connectivity index (χ1) is 9.68. The maximum atomic E-state index is 9.70. The molecular formula is C16H36N2O2. The van der Waals surface area contributed by atoms with Gasteiger partial charge in [0.2, 0.25) is 0 Å². The van der Waals surface area contributed by atoms with E-state index >= 15 is 0 Å². The van der Waals surface area contributed by atoms with Crippen LogP contribution >= 0.6 is 0 Å². The molecule has 0 spiro atoms. The van der Waals surface area contributed by atoms with Gasteiger partial charge in [-0.15, -0.1) is 0 Å². The van der Waals surface area contributed by atoms with Gasteiger partial charge in [0.05, 0.1) is 6.54 Å². The van der Waals surface area contributed by atoms with Gasteiger partial charge in [0, 0.05) is 0 Å². The number of hydrogen-bond donors (Lipinski definition) is 3. The molecule has 0 bridgehead atoms. The molecule has 0 fully saturated rings. The molecule has 0 atom stereocenters. The summed E-state index contributed by atoms with van der Waals surface area (Å²) in [6, 6.07) is 0. The van der Waals surface area contributed by atoms with Gasteiger partial charge in [-0.3, -0.25) is 4.79 Å². The highest BCUT2D eigenvalue weighted by Crippen LogP contribution is 2.09. The number of carboxylic acids is 1. The van der Waals surface area contributed by atoms with Crippen molar-refractivity contribution < 1.29 is 9.90 Å². The highest BCUT2D eigenvalue weighted by atomic mass is 16.4. The van der Waals surface area contributed by atoms with Gasteiger partial charge in [-0.05, 0) is 19.5 Å². The third-order valence-electron chi connectivity index (χ3n) is 3.08.